The van der Waals surface area contributed by atoms with E-state index >= 15 is 0 Å². The van der Waals surface area contributed by atoms with E-state index in [2.05, 4.69) is 50.6 Å². The van der Waals surface area contributed by atoms with Gasteiger partial charge in [0.1, 0.15) is 5.82 Å². The maximum atomic E-state index is 12.2. The highest BCUT2D eigenvalue weighted by Crippen LogP contribution is 2.41. The number of carbonyl (C=O) groups excluding carboxylic acids is 1. The van der Waals surface area contributed by atoms with Crippen LogP contribution in [0.4, 0.5) is 5.82 Å². The van der Waals surface area contributed by atoms with Crippen LogP contribution >= 0.6 is 27.7 Å². The summed E-state index contributed by atoms with van der Waals surface area (Å²) in [7, 11) is 0. The fourth-order valence-corrected chi connectivity index (χ4v) is 4.29. The first-order chi connectivity index (χ1) is 12.2. The Hall–Kier alpha value is -2.05. The van der Waals surface area contributed by atoms with Crippen LogP contribution in [-0.4, -0.2) is 21.4 Å². The van der Waals surface area contributed by atoms with Crippen molar-refractivity contribution >= 4 is 39.4 Å². The van der Waals surface area contributed by atoms with Crippen LogP contribution in [0.3, 0.4) is 0 Å². The summed E-state index contributed by atoms with van der Waals surface area (Å²) in [5.41, 5.74) is 3.37. The van der Waals surface area contributed by atoms with Gasteiger partial charge in [-0.05, 0) is 23.3 Å². The van der Waals surface area contributed by atoms with E-state index in [1.807, 2.05) is 41.2 Å². The molecule has 0 saturated heterocycles. The molecule has 25 heavy (non-hydrogen) atoms. The molecular weight excluding hydrogens is 398 g/mol. The molecule has 3 aromatic rings. The zero-order valence-electron chi connectivity index (χ0n) is 13.4. The zero-order chi connectivity index (χ0) is 17.2. The second-order valence-corrected chi connectivity index (χ2v) is 7.89. The van der Waals surface area contributed by atoms with E-state index in [-0.39, 0.29) is 11.2 Å². The summed E-state index contributed by atoms with van der Waals surface area (Å²) in [6, 6.07) is 18.4. The highest BCUT2D eigenvalue weighted by molar-refractivity contribution is 9.10. The summed E-state index contributed by atoms with van der Waals surface area (Å²) < 4.78 is 2.92. The highest BCUT2D eigenvalue weighted by Gasteiger charge is 2.27. The van der Waals surface area contributed by atoms with Gasteiger partial charge < -0.3 is 5.32 Å². The number of halogens is 1. The number of hydrogen-bond acceptors (Lipinski definition) is 3. The molecule has 1 aliphatic rings. The number of rotatable bonds is 3. The van der Waals surface area contributed by atoms with Gasteiger partial charge in [0.25, 0.3) is 0 Å². The minimum Gasteiger partial charge on any atom is -0.310 e. The molecule has 4 rings (SSSR count). The van der Waals surface area contributed by atoms with Crippen LogP contribution in [0.1, 0.15) is 21.9 Å². The lowest BCUT2D eigenvalue weighted by Gasteiger charge is -2.14. The topological polar surface area (TPSA) is 46.9 Å². The van der Waals surface area contributed by atoms with Crippen LogP contribution in [0.25, 0.3) is 0 Å². The Morgan fingerprint density at radius 2 is 1.92 bits per heavy atom. The molecule has 0 bridgehead atoms. The first-order valence-electron chi connectivity index (χ1n) is 7.97. The number of nitrogens with zero attached hydrogens (tertiary/aromatic N) is 2. The molecule has 0 aliphatic carbocycles. The van der Waals surface area contributed by atoms with Crippen molar-refractivity contribution in [3.63, 3.8) is 0 Å². The van der Waals surface area contributed by atoms with Gasteiger partial charge in [0, 0.05) is 10.0 Å². The van der Waals surface area contributed by atoms with Gasteiger partial charge in [0.05, 0.1) is 23.7 Å². The van der Waals surface area contributed by atoms with Crippen molar-refractivity contribution in [2.75, 3.05) is 11.1 Å². The van der Waals surface area contributed by atoms with E-state index in [9.17, 15) is 4.79 Å². The van der Waals surface area contributed by atoms with Gasteiger partial charge >= 0.3 is 0 Å². The van der Waals surface area contributed by atoms with E-state index in [1.54, 1.807) is 11.8 Å². The molecule has 4 nitrogen and oxygen atoms in total. The van der Waals surface area contributed by atoms with Gasteiger partial charge in [-0.15, -0.1) is 11.8 Å². The second-order valence-electron chi connectivity index (χ2n) is 5.88. The predicted molar refractivity (Wildman–Crippen MR) is 105 cm³/mol. The summed E-state index contributed by atoms with van der Waals surface area (Å²) in [6.07, 6.45) is 1.88. The Balaban J connectivity index is 1.72. The van der Waals surface area contributed by atoms with E-state index in [0.29, 0.717) is 12.3 Å². The average Bonchev–Trinajstić information content (AvgIpc) is 2.91. The number of benzene rings is 2. The molecule has 0 saturated carbocycles. The van der Waals surface area contributed by atoms with Gasteiger partial charge in [-0.2, -0.15) is 5.10 Å². The van der Waals surface area contributed by atoms with Gasteiger partial charge in [-0.25, -0.2) is 4.68 Å². The molecule has 2 aromatic carbocycles. The van der Waals surface area contributed by atoms with Crippen molar-refractivity contribution in [1.82, 2.24) is 9.78 Å². The summed E-state index contributed by atoms with van der Waals surface area (Å²) in [4.78, 5) is 12.2. The Kier molecular flexibility index (Phi) is 4.63. The third-order valence-electron chi connectivity index (χ3n) is 4.14. The number of fused-ring (bicyclic) bond motifs is 1. The molecule has 0 fully saturated rings. The van der Waals surface area contributed by atoms with E-state index in [1.165, 1.54) is 5.56 Å². The third kappa shape index (κ3) is 3.50. The van der Waals surface area contributed by atoms with Crippen LogP contribution in [-0.2, 0) is 11.3 Å². The van der Waals surface area contributed by atoms with Crippen LogP contribution in [0, 0.1) is 0 Å². The normalized spacial score (nSPS) is 16.8. The smallest absolute Gasteiger partial charge is 0.235 e. The van der Waals surface area contributed by atoms with E-state index < -0.39 is 0 Å². The Bertz CT molecular complexity index is 893. The highest BCUT2D eigenvalue weighted by atomic mass is 79.9. The van der Waals surface area contributed by atoms with Gasteiger partial charge in [-0.1, -0.05) is 58.4 Å². The molecule has 1 atom stereocenters. The first-order valence-corrected chi connectivity index (χ1v) is 9.81. The Labute approximate surface area is 158 Å². The summed E-state index contributed by atoms with van der Waals surface area (Å²) >= 11 is 5.11. The number of thioether (sulfide) groups is 1. The molecule has 0 spiro atoms. The quantitative estimate of drug-likeness (QED) is 0.688. The summed E-state index contributed by atoms with van der Waals surface area (Å²) in [5.74, 6) is 1.24. The fraction of sp³-hybridized carbons (Fsp3) is 0.158. The SMILES string of the molecule is O=C1CS[C@H](c2ccc(Br)cc2)c2cnn(Cc3ccccc3)c2N1. The van der Waals surface area contributed by atoms with Crippen LogP contribution in [0.2, 0.25) is 0 Å². The number of anilines is 1. The Morgan fingerprint density at radius 3 is 2.68 bits per heavy atom. The second kappa shape index (κ2) is 7.06. The number of hydrogen-bond donors (Lipinski definition) is 1. The summed E-state index contributed by atoms with van der Waals surface area (Å²) in [6.45, 7) is 0.633. The molecule has 6 heteroatoms. The fourth-order valence-electron chi connectivity index (χ4n) is 2.93. The maximum absolute atomic E-state index is 12.2. The molecule has 126 valence electrons. The third-order valence-corrected chi connectivity index (χ3v) is 5.95. The van der Waals surface area contributed by atoms with E-state index in [4.69, 9.17) is 0 Å². The van der Waals surface area contributed by atoms with Crippen molar-refractivity contribution in [3.8, 4) is 0 Å². The molecule has 0 unspecified atom stereocenters. The van der Waals surface area contributed by atoms with Crippen molar-refractivity contribution in [1.29, 1.82) is 0 Å². The van der Waals surface area contributed by atoms with Crippen LogP contribution < -0.4 is 5.32 Å². The van der Waals surface area contributed by atoms with Crippen molar-refractivity contribution in [2.45, 2.75) is 11.8 Å². The van der Waals surface area contributed by atoms with Gasteiger partial charge in [0.15, 0.2) is 0 Å². The van der Waals surface area contributed by atoms with Crippen LogP contribution in [0.5, 0.6) is 0 Å². The molecule has 2 heterocycles. The minimum absolute atomic E-state index is 0.0145. The molecule has 1 N–H and O–H groups in total. The lowest BCUT2D eigenvalue weighted by atomic mass is 10.1. The van der Waals surface area contributed by atoms with Crippen molar-refractivity contribution in [2.24, 2.45) is 0 Å². The molecule has 1 aliphatic heterocycles. The van der Waals surface area contributed by atoms with Crippen molar-refractivity contribution in [3.05, 3.63) is 82.0 Å². The lowest BCUT2D eigenvalue weighted by molar-refractivity contribution is -0.113. The molecular formula is C19H16BrN3OS. The largest absolute Gasteiger partial charge is 0.310 e. The predicted octanol–water partition coefficient (Wildman–Crippen LogP) is 4.47. The number of carbonyl (C=O) groups is 1. The van der Waals surface area contributed by atoms with Gasteiger partial charge in [0.2, 0.25) is 5.91 Å². The molecule has 1 aromatic heterocycles. The first kappa shape index (κ1) is 16.4. The summed E-state index contributed by atoms with van der Waals surface area (Å²) in [5, 5.41) is 7.67. The van der Waals surface area contributed by atoms with Crippen molar-refractivity contribution < 1.29 is 4.79 Å². The standard InChI is InChI=1S/C19H16BrN3OS/c20-15-8-6-14(7-9-15)18-16-10-21-23(11-13-4-2-1-3-5-13)19(16)22-17(24)12-25-18/h1-10,18H,11-12H2,(H,22,24)/t18-/m1/s1. The molecule has 1 amide bonds. The lowest BCUT2D eigenvalue weighted by Crippen LogP contribution is -2.16. The van der Waals surface area contributed by atoms with Crippen LogP contribution in [0.15, 0.2) is 65.3 Å². The average molecular weight is 414 g/mol. The minimum atomic E-state index is 0.0145. The molecule has 0 radical (unpaired) electrons. The maximum Gasteiger partial charge on any atom is 0.235 e. The zero-order valence-corrected chi connectivity index (χ0v) is 15.8. The number of amides is 1. The number of aromatic nitrogens is 2. The monoisotopic (exact) mass is 413 g/mol. The van der Waals surface area contributed by atoms with Gasteiger partial charge in [-0.3, -0.25) is 4.79 Å². The number of nitrogens with one attached hydrogen (secondary N) is 1. The Morgan fingerprint density at radius 1 is 1.16 bits per heavy atom. The van der Waals surface area contributed by atoms with E-state index in [0.717, 1.165) is 21.4 Å².